The summed E-state index contributed by atoms with van der Waals surface area (Å²) >= 11 is 3.51. The topological polar surface area (TPSA) is 110 Å². The molecule has 5 aromatic carbocycles. The number of para-hydroxylation sites is 1. The minimum atomic E-state index is -4.36. The second-order valence-corrected chi connectivity index (χ2v) is 14.9. The highest BCUT2D eigenvalue weighted by Crippen LogP contribution is 2.47. The van der Waals surface area contributed by atoms with E-state index >= 15 is 0 Å². The van der Waals surface area contributed by atoms with E-state index < -0.39 is 49.8 Å². The Bertz CT molecular complexity index is 1990. The highest BCUT2D eigenvalue weighted by molar-refractivity contribution is 9.10. The summed E-state index contributed by atoms with van der Waals surface area (Å²) in [6.07, 6.45) is 0. The zero-order valence-corrected chi connectivity index (χ0v) is 28.6. The van der Waals surface area contributed by atoms with E-state index in [9.17, 15) is 23.3 Å². The van der Waals surface area contributed by atoms with Crippen LogP contribution in [0.5, 0.6) is 0 Å². The fourth-order valence-corrected chi connectivity index (χ4v) is 9.09. The number of rotatable bonds is 10. The number of halogens is 1. The number of piperazine rings is 1. The van der Waals surface area contributed by atoms with E-state index in [1.807, 2.05) is 115 Å². The quantitative estimate of drug-likeness (QED) is 0.0893. The number of nitrogens with zero attached hydrogens (tertiary/aromatic N) is 3. The smallest absolute Gasteiger partial charge is 0.289 e. The van der Waals surface area contributed by atoms with Crippen molar-refractivity contribution >= 4 is 37.5 Å². The monoisotopic (exact) mass is 737 g/mol. The molecule has 2 aliphatic heterocycles. The van der Waals surface area contributed by atoms with Gasteiger partial charge in [-0.15, -0.1) is 0 Å². The minimum absolute atomic E-state index is 0.0153. The Kier molecular flexibility index (Phi) is 8.93. The number of nitro benzene ring substituents is 1. The van der Waals surface area contributed by atoms with Crippen molar-refractivity contribution in [3.63, 3.8) is 0 Å². The van der Waals surface area contributed by atoms with E-state index in [1.54, 1.807) is 4.90 Å². The lowest BCUT2D eigenvalue weighted by atomic mass is 9.73. The van der Waals surface area contributed by atoms with Crippen molar-refractivity contribution in [3.8, 4) is 0 Å². The van der Waals surface area contributed by atoms with Gasteiger partial charge in [0, 0.05) is 23.0 Å². The van der Waals surface area contributed by atoms with Crippen LogP contribution in [0.3, 0.4) is 0 Å². The Morgan fingerprint density at radius 3 is 1.82 bits per heavy atom. The first-order valence-corrected chi connectivity index (χ1v) is 18.1. The summed E-state index contributed by atoms with van der Waals surface area (Å²) in [4.78, 5) is 26.3. The summed E-state index contributed by atoms with van der Waals surface area (Å²) in [6.45, 7) is -0.299. The molecule has 0 bridgehead atoms. The summed E-state index contributed by atoms with van der Waals surface area (Å²) in [5, 5.41) is 11.7. The second-order valence-electron chi connectivity index (χ2n) is 12.1. The van der Waals surface area contributed by atoms with E-state index in [2.05, 4.69) is 15.9 Å². The molecule has 0 radical (unpaired) electrons. The first-order valence-electron chi connectivity index (χ1n) is 15.8. The Hall–Kier alpha value is -4.68. The summed E-state index contributed by atoms with van der Waals surface area (Å²) in [5.41, 5.74) is 2.17. The van der Waals surface area contributed by atoms with E-state index in [0.717, 1.165) is 37.1 Å². The van der Waals surface area contributed by atoms with Gasteiger partial charge in [0.2, 0.25) is 15.9 Å². The molecule has 0 aliphatic carbocycles. The third kappa shape index (κ3) is 5.86. The molecule has 1 amide bonds. The molecule has 2 heterocycles. The first kappa shape index (κ1) is 32.8. The standard InChI is InChI=1S/C38H32BrN3O6S/c39-31-22-20-27(21-23-31)37-33-24-40(49(46,47)35-19-11-10-18-32(35)42(44)45)25-36(43)41(33)34(37)26-48-38(28-12-4-1-5-13-28,29-14-6-2-7-15-29)30-16-8-3-9-17-30/h1-23,33-34,37H,24-26H2/t33-,34+,37-/m0/s1. The maximum absolute atomic E-state index is 14.0. The number of amides is 1. The second kappa shape index (κ2) is 13.3. The SMILES string of the molecule is O=C1CN(S(=O)(=O)c2ccccc2[N+](=O)[O-])C[C@H]2[C@H](c3ccc(Br)cc3)[C@@H](COC(c3ccccc3)(c3ccccc3)c3ccccc3)N12. The predicted octanol–water partition coefficient (Wildman–Crippen LogP) is 6.73. The van der Waals surface area contributed by atoms with Crippen molar-refractivity contribution in [2.24, 2.45) is 0 Å². The summed E-state index contributed by atoms with van der Waals surface area (Å²) in [6, 6.07) is 42.0. The Morgan fingerprint density at radius 1 is 0.776 bits per heavy atom. The van der Waals surface area contributed by atoms with Crippen LogP contribution >= 0.6 is 15.9 Å². The zero-order chi connectivity index (χ0) is 34.2. The van der Waals surface area contributed by atoms with Crippen molar-refractivity contribution in [3.05, 3.63) is 176 Å². The van der Waals surface area contributed by atoms with E-state index in [0.29, 0.717) is 0 Å². The lowest BCUT2D eigenvalue weighted by Crippen LogP contribution is -2.73. The number of carbonyl (C=O) groups excluding carboxylic acids is 1. The largest absolute Gasteiger partial charge is 0.359 e. The first-order chi connectivity index (χ1) is 23.7. The molecule has 9 nitrogen and oxygen atoms in total. The lowest BCUT2D eigenvalue weighted by molar-refractivity contribution is -0.387. The molecule has 2 aliphatic rings. The van der Waals surface area contributed by atoms with Gasteiger partial charge >= 0.3 is 0 Å². The van der Waals surface area contributed by atoms with Crippen LogP contribution in [-0.4, -0.2) is 60.2 Å². The van der Waals surface area contributed by atoms with E-state index in [-0.39, 0.29) is 25.0 Å². The number of benzene rings is 5. The van der Waals surface area contributed by atoms with Gasteiger partial charge in [-0.3, -0.25) is 14.9 Å². The summed E-state index contributed by atoms with van der Waals surface area (Å²) in [5.74, 6) is -0.661. The summed E-state index contributed by atoms with van der Waals surface area (Å²) < 4.78 is 36.8. The predicted molar refractivity (Wildman–Crippen MR) is 188 cm³/mol. The van der Waals surface area contributed by atoms with Crippen LogP contribution in [0.4, 0.5) is 5.69 Å². The molecule has 5 aromatic rings. The van der Waals surface area contributed by atoms with Crippen molar-refractivity contribution in [2.75, 3.05) is 19.7 Å². The molecular formula is C38H32BrN3O6S. The molecule has 11 heteroatoms. The normalized spacial score (nSPS) is 19.6. The van der Waals surface area contributed by atoms with Gasteiger partial charge in [0.25, 0.3) is 5.69 Å². The van der Waals surface area contributed by atoms with Gasteiger partial charge in [0.1, 0.15) is 5.60 Å². The molecule has 2 saturated heterocycles. The van der Waals surface area contributed by atoms with Gasteiger partial charge in [-0.1, -0.05) is 131 Å². The van der Waals surface area contributed by atoms with Crippen molar-refractivity contribution in [1.29, 1.82) is 0 Å². The fourth-order valence-electron chi connectivity index (χ4n) is 7.26. The average Bonchev–Trinajstić information content (AvgIpc) is 3.12. The van der Waals surface area contributed by atoms with Gasteiger partial charge in [-0.05, 0) is 40.5 Å². The Labute approximate surface area is 293 Å². The highest BCUT2D eigenvalue weighted by Gasteiger charge is 2.57. The molecular weight excluding hydrogens is 706 g/mol. The zero-order valence-electron chi connectivity index (χ0n) is 26.2. The van der Waals surface area contributed by atoms with E-state index in [4.69, 9.17) is 4.74 Å². The summed E-state index contributed by atoms with van der Waals surface area (Å²) in [7, 11) is -4.36. The van der Waals surface area contributed by atoms with Crippen LogP contribution < -0.4 is 0 Å². The van der Waals surface area contributed by atoms with Crippen LogP contribution in [0.1, 0.15) is 28.2 Å². The van der Waals surface area contributed by atoms with Gasteiger partial charge in [-0.2, -0.15) is 4.31 Å². The number of ether oxygens (including phenoxy) is 1. The third-order valence-electron chi connectivity index (χ3n) is 9.48. The average molecular weight is 739 g/mol. The van der Waals surface area contributed by atoms with Crippen LogP contribution in [-0.2, 0) is 25.2 Å². The maximum atomic E-state index is 14.0. The fraction of sp³-hybridized carbons (Fsp3) is 0.184. The number of nitro groups is 1. The third-order valence-corrected chi connectivity index (χ3v) is 11.9. The molecule has 248 valence electrons. The Morgan fingerprint density at radius 2 is 1.29 bits per heavy atom. The van der Waals surface area contributed by atoms with Gasteiger partial charge in [-0.25, -0.2) is 8.42 Å². The molecule has 3 atom stereocenters. The van der Waals surface area contributed by atoms with E-state index in [1.165, 1.54) is 18.2 Å². The Balaban J connectivity index is 1.27. The van der Waals surface area contributed by atoms with Gasteiger partial charge < -0.3 is 9.64 Å². The lowest BCUT2D eigenvalue weighted by Gasteiger charge is -2.59. The minimum Gasteiger partial charge on any atom is -0.359 e. The molecule has 0 aromatic heterocycles. The number of sulfonamides is 1. The number of fused-ring (bicyclic) bond motifs is 1. The van der Waals surface area contributed by atoms with Crippen molar-refractivity contribution in [1.82, 2.24) is 9.21 Å². The van der Waals surface area contributed by atoms with Crippen LogP contribution in [0, 0.1) is 10.1 Å². The van der Waals surface area contributed by atoms with Gasteiger partial charge in [0.05, 0.1) is 30.2 Å². The van der Waals surface area contributed by atoms with Crippen molar-refractivity contribution in [2.45, 2.75) is 28.5 Å². The van der Waals surface area contributed by atoms with Crippen LogP contribution in [0.2, 0.25) is 0 Å². The van der Waals surface area contributed by atoms with Crippen LogP contribution in [0.15, 0.2) is 149 Å². The van der Waals surface area contributed by atoms with Gasteiger partial charge in [0.15, 0.2) is 4.90 Å². The maximum Gasteiger partial charge on any atom is 0.289 e. The molecule has 0 unspecified atom stereocenters. The molecule has 49 heavy (non-hydrogen) atoms. The number of carbonyl (C=O) groups is 1. The van der Waals surface area contributed by atoms with Crippen molar-refractivity contribution < 1.29 is 22.9 Å². The molecule has 2 fully saturated rings. The molecule has 0 N–H and O–H groups in total. The highest BCUT2D eigenvalue weighted by atomic mass is 79.9. The number of hydrogen-bond donors (Lipinski definition) is 0. The molecule has 0 saturated carbocycles. The van der Waals surface area contributed by atoms with Crippen LogP contribution in [0.25, 0.3) is 0 Å². The molecule has 7 rings (SSSR count). The molecule has 0 spiro atoms. The number of hydrogen-bond acceptors (Lipinski definition) is 6.